The molecule has 1 unspecified atom stereocenters. The van der Waals surface area contributed by atoms with E-state index in [1.54, 1.807) is 11.3 Å². The first kappa shape index (κ1) is 11.1. The van der Waals surface area contributed by atoms with Crippen LogP contribution in [0.5, 0.6) is 0 Å². The lowest BCUT2D eigenvalue weighted by Crippen LogP contribution is -2.09. The van der Waals surface area contributed by atoms with Crippen LogP contribution in [0.1, 0.15) is 31.1 Å². The molecule has 0 saturated heterocycles. The van der Waals surface area contributed by atoms with Crippen LogP contribution in [0.4, 0.5) is 5.82 Å². The van der Waals surface area contributed by atoms with Crippen molar-refractivity contribution in [2.24, 2.45) is 0 Å². The molecule has 0 aliphatic rings. The fourth-order valence-corrected chi connectivity index (χ4v) is 2.22. The van der Waals surface area contributed by atoms with Crippen LogP contribution in [0.15, 0.2) is 29.2 Å². The summed E-state index contributed by atoms with van der Waals surface area (Å²) < 4.78 is 0. The van der Waals surface area contributed by atoms with Gasteiger partial charge in [-0.1, -0.05) is 13.0 Å². The highest BCUT2D eigenvalue weighted by molar-refractivity contribution is 7.07. The Hall–Kier alpha value is -1.42. The van der Waals surface area contributed by atoms with Gasteiger partial charge in [-0.25, -0.2) is 9.97 Å². The van der Waals surface area contributed by atoms with Gasteiger partial charge >= 0.3 is 0 Å². The van der Waals surface area contributed by atoms with Gasteiger partial charge in [0.25, 0.3) is 0 Å². The van der Waals surface area contributed by atoms with Gasteiger partial charge in [-0.15, -0.1) is 11.3 Å². The molecule has 4 heteroatoms. The predicted molar refractivity (Wildman–Crippen MR) is 67.8 cm³/mol. The van der Waals surface area contributed by atoms with Crippen LogP contribution in [0.25, 0.3) is 0 Å². The minimum Gasteiger partial charge on any atom is -0.362 e. The third kappa shape index (κ3) is 2.39. The Morgan fingerprint density at radius 3 is 3.00 bits per heavy atom. The third-order valence-electron chi connectivity index (χ3n) is 2.52. The Morgan fingerprint density at radius 2 is 2.31 bits per heavy atom. The molecule has 2 aromatic rings. The molecule has 16 heavy (non-hydrogen) atoms. The molecule has 0 saturated carbocycles. The van der Waals surface area contributed by atoms with Gasteiger partial charge in [0.1, 0.15) is 5.82 Å². The average molecular weight is 233 g/mol. The minimum absolute atomic E-state index is 0.200. The maximum Gasteiger partial charge on any atom is 0.129 e. The summed E-state index contributed by atoms with van der Waals surface area (Å²) in [6.07, 6.45) is 2.80. The molecule has 2 rings (SSSR count). The normalized spacial score (nSPS) is 12.4. The molecule has 0 spiro atoms. The van der Waals surface area contributed by atoms with Gasteiger partial charge in [0.05, 0.1) is 17.2 Å². The largest absolute Gasteiger partial charge is 0.362 e. The molecule has 0 radical (unpaired) electrons. The van der Waals surface area contributed by atoms with E-state index in [0.29, 0.717) is 0 Å². The molecular formula is C12H15N3S. The zero-order valence-electron chi connectivity index (χ0n) is 9.47. The minimum atomic E-state index is 0.200. The molecular weight excluding hydrogens is 218 g/mol. The van der Waals surface area contributed by atoms with Crippen molar-refractivity contribution in [2.45, 2.75) is 26.3 Å². The monoisotopic (exact) mass is 233 g/mol. The molecule has 2 aromatic heterocycles. The van der Waals surface area contributed by atoms with E-state index in [1.165, 1.54) is 5.56 Å². The molecule has 84 valence electrons. The fraction of sp³-hybridized carbons (Fsp3) is 0.333. The number of thiazole rings is 1. The molecule has 0 bridgehead atoms. The number of hydrogen-bond donors (Lipinski definition) is 1. The second kappa shape index (κ2) is 5.07. The van der Waals surface area contributed by atoms with E-state index < -0.39 is 0 Å². The van der Waals surface area contributed by atoms with Crippen LogP contribution in [0.3, 0.4) is 0 Å². The van der Waals surface area contributed by atoms with Crippen LogP contribution in [0.2, 0.25) is 0 Å². The molecule has 0 amide bonds. The van der Waals surface area contributed by atoms with Gasteiger partial charge in [-0.3, -0.25) is 0 Å². The Balaban J connectivity index is 2.14. The van der Waals surface area contributed by atoms with Crippen molar-refractivity contribution in [1.29, 1.82) is 0 Å². The summed E-state index contributed by atoms with van der Waals surface area (Å²) in [6.45, 7) is 4.23. The van der Waals surface area contributed by atoms with Crippen LogP contribution in [-0.4, -0.2) is 9.97 Å². The lowest BCUT2D eigenvalue weighted by Gasteiger charge is -2.14. The number of nitrogens with one attached hydrogen (secondary N) is 1. The van der Waals surface area contributed by atoms with Crippen LogP contribution >= 0.6 is 11.3 Å². The van der Waals surface area contributed by atoms with Gasteiger partial charge < -0.3 is 5.32 Å². The second-order valence-corrected chi connectivity index (χ2v) is 4.36. The molecule has 1 N–H and O–H groups in total. The summed E-state index contributed by atoms with van der Waals surface area (Å²) in [6, 6.07) is 4.27. The maximum absolute atomic E-state index is 4.36. The van der Waals surface area contributed by atoms with E-state index in [9.17, 15) is 0 Å². The summed E-state index contributed by atoms with van der Waals surface area (Å²) in [5.41, 5.74) is 4.16. The molecule has 0 fully saturated rings. The van der Waals surface area contributed by atoms with Crippen molar-refractivity contribution >= 4 is 17.2 Å². The number of anilines is 1. The lowest BCUT2D eigenvalue weighted by molar-refractivity contribution is 0.837. The van der Waals surface area contributed by atoms with E-state index >= 15 is 0 Å². The topological polar surface area (TPSA) is 37.8 Å². The SMILES string of the molecule is CCc1cccnc1NC(C)c1cscn1. The third-order valence-corrected chi connectivity index (χ3v) is 3.13. The predicted octanol–water partition coefficient (Wildman–Crippen LogP) is 3.27. The van der Waals surface area contributed by atoms with E-state index in [4.69, 9.17) is 0 Å². The molecule has 2 heterocycles. The van der Waals surface area contributed by atoms with Crippen molar-refractivity contribution in [3.8, 4) is 0 Å². The number of aryl methyl sites for hydroxylation is 1. The van der Waals surface area contributed by atoms with Crippen molar-refractivity contribution in [1.82, 2.24) is 9.97 Å². The number of nitrogens with zero attached hydrogens (tertiary/aromatic N) is 2. The smallest absolute Gasteiger partial charge is 0.129 e. The van der Waals surface area contributed by atoms with Crippen molar-refractivity contribution in [3.63, 3.8) is 0 Å². The van der Waals surface area contributed by atoms with Crippen LogP contribution < -0.4 is 5.32 Å². The van der Waals surface area contributed by atoms with Crippen molar-refractivity contribution in [2.75, 3.05) is 5.32 Å². The van der Waals surface area contributed by atoms with Gasteiger partial charge in [0, 0.05) is 11.6 Å². The number of rotatable bonds is 4. The molecule has 0 aromatic carbocycles. The number of aromatic nitrogens is 2. The van der Waals surface area contributed by atoms with Gasteiger partial charge in [0.15, 0.2) is 0 Å². The molecule has 3 nitrogen and oxygen atoms in total. The molecule has 0 aliphatic carbocycles. The van der Waals surface area contributed by atoms with Crippen molar-refractivity contribution < 1.29 is 0 Å². The van der Waals surface area contributed by atoms with E-state index in [-0.39, 0.29) is 6.04 Å². The Kier molecular flexibility index (Phi) is 3.51. The Bertz CT molecular complexity index is 439. The zero-order chi connectivity index (χ0) is 11.4. The standard InChI is InChI=1S/C12H15N3S/c1-3-10-5-4-6-13-12(10)15-9(2)11-7-16-8-14-11/h4-9H,3H2,1-2H3,(H,13,15). The highest BCUT2D eigenvalue weighted by atomic mass is 32.1. The number of hydrogen-bond acceptors (Lipinski definition) is 4. The maximum atomic E-state index is 4.36. The van der Waals surface area contributed by atoms with Crippen molar-refractivity contribution in [3.05, 3.63) is 40.5 Å². The molecule has 0 aliphatic heterocycles. The summed E-state index contributed by atoms with van der Waals surface area (Å²) in [5, 5.41) is 5.46. The van der Waals surface area contributed by atoms with E-state index in [0.717, 1.165) is 17.9 Å². The van der Waals surface area contributed by atoms with E-state index in [2.05, 4.69) is 40.6 Å². The Labute approximate surface area is 99.6 Å². The lowest BCUT2D eigenvalue weighted by atomic mass is 10.2. The second-order valence-electron chi connectivity index (χ2n) is 3.64. The highest BCUT2D eigenvalue weighted by Crippen LogP contribution is 2.20. The van der Waals surface area contributed by atoms with Gasteiger partial charge in [-0.2, -0.15) is 0 Å². The van der Waals surface area contributed by atoms with E-state index in [1.807, 2.05) is 17.8 Å². The fourth-order valence-electron chi connectivity index (χ4n) is 1.57. The average Bonchev–Trinajstić information content (AvgIpc) is 2.83. The summed E-state index contributed by atoms with van der Waals surface area (Å²) in [7, 11) is 0. The first-order chi connectivity index (χ1) is 7.81. The summed E-state index contributed by atoms with van der Waals surface area (Å²) in [5.74, 6) is 0.963. The first-order valence-corrected chi connectivity index (χ1v) is 6.34. The quantitative estimate of drug-likeness (QED) is 0.880. The zero-order valence-corrected chi connectivity index (χ0v) is 10.3. The summed E-state index contributed by atoms with van der Waals surface area (Å²) in [4.78, 5) is 8.66. The highest BCUT2D eigenvalue weighted by Gasteiger charge is 2.09. The first-order valence-electron chi connectivity index (χ1n) is 5.39. The van der Waals surface area contributed by atoms with Crippen LogP contribution in [0, 0.1) is 0 Å². The van der Waals surface area contributed by atoms with Gasteiger partial charge in [-0.05, 0) is 25.0 Å². The number of pyridine rings is 1. The molecule has 1 atom stereocenters. The Morgan fingerprint density at radius 1 is 1.44 bits per heavy atom. The van der Waals surface area contributed by atoms with Crippen LogP contribution in [-0.2, 0) is 6.42 Å². The van der Waals surface area contributed by atoms with Gasteiger partial charge in [0.2, 0.25) is 0 Å². The summed E-state index contributed by atoms with van der Waals surface area (Å²) >= 11 is 1.62.